The molecule has 32 heavy (non-hydrogen) atoms. The topological polar surface area (TPSA) is 73.4 Å². The summed E-state index contributed by atoms with van der Waals surface area (Å²) in [6, 6.07) is 6.35. The second kappa shape index (κ2) is 8.59. The fourth-order valence-corrected chi connectivity index (χ4v) is 4.04. The van der Waals surface area contributed by atoms with Gasteiger partial charge in [-0.15, -0.1) is 0 Å². The van der Waals surface area contributed by atoms with Crippen LogP contribution in [0, 0.1) is 13.8 Å². The number of ether oxygens (including phenoxy) is 1. The molecule has 3 aromatic rings. The minimum absolute atomic E-state index is 0.0262. The molecule has 2 aromatic heterocycles. The minimum atomic E-state index is -4.72. The van der Waals surface area contributed by atoms with E-state index in [9.17, 15) is 18.0 Å². The van der Waals surface area contributed by atoms with Crippen LogP contribution in [0.5, 0.6) is 0 Å². The number of rotatable bonds is 4. The van der Waals surface area contributed by atoms with E-state index in [2.05, 4.69) is 10.1 Å². The molecule has 1 aliphatic rings. The maximum atomic E-state index is 14.2. The summed E-state index contributed by atoms with van der Waals surface area (Å²) in [7, 11) is 0. The smallest absolute Gasteiger partial charge is 0.378 e. The Kier molecular flexibility index (Phi) is 6.00. The van der Waals surface area contributed by atoms with Gasteiger partial charge in [-0.2, -0.15) is 18.2 Å². The van der Waals surface area contributed by atoms with Crippen molar-refractivity contribution in [1.29, 1.82) is 0 Å². The first-order valence-corrected chi connectivity index (χ1v) is 10.3. The van der Waals surface area contributed by atoms with Crippen LogP contribution in [0.25, 0.3) is 11.1 Å². The lowest BCUT2D eigenvalue weighted by atomic mass is 10.00. The van der Waals surface area contributed by atoms with Crippen molar-refractivity contribution in [3.8, 4) is 11.1 Å². The predicted octanol–water partition coefficient (Wildman–Crippen LogP) is 4.35. The van der Waals surface area contributed by atoms with Crippen LogP contribution >= 0.6 is 11.6 Å². The van der Waals surface area contributed by atoms with Crippen LogP contribution in [-0.4, -0.2) is 51.8 Å². The number of benzene rings is 1. The summed E-state index contributed by atoms with van der Waals surface area (Å²) in [5.41, 5.74) is -0.436. The summed E-state index contributed by atoms with van der Waals surface area (Å²) in [5, 5.41) is 4.09. The lowest BCUT2D eigenvalue weighted by Crippen LogP contribution is -2.41. The van der Waals surface area contributed by atoms with Crippen LogP contribution in [0.1, 0.15) is 33.5 Å². The third-order valence-electron chi connectivity index (χ3n) is 5.27. The number of hydrogen-bond acceptors (Lipinski definition) is 5. The molecule has 7 nitrogen and oxygen atoms in total. The van der Waals surface area contributed by atoms with Gasteiger partial charge >= 0.3 is 6.18 Å². The van der Waals surface area contributed by atoms with Gasteiger partial charge in [0.05, 0.1) is 13.2 Å². The van der Waals surface area contributed by atoms with Crippen molar-refractivity contribution in [1.82, 2.24) is 19.6 Å². The molecule has 0 saturated carbocycles. The zero-order valence-corrected chi connectivity index (χ0v) is 18.1. The maximum absolute atomic E-state index is 14.2. The van der Waals surface area contributed by atoms with Gasteiger partial charge in [-0.05, 0) is 37.1 Å². The summed E-state index contributed by atoms with van der Waals surface area (Å²) in [4.78, 5) is 19.1. The van der Waals surface area contributed by atoms with Crippen LogP contribution in [-0.2, 0) is 17.5 Å². The molecule has 1 aliphatic heterocycles. The van der Waals surface area contributed by atoms with E-state index in [1.165, 1.54) is 11.8 Å². The molecule has 0 unspecified atom stereocenters. The van der Waals surface area contributed by atoms with Gasteiger partial charge in [0.2, 0.25) is 5.89 Å². The summed E-state index contributed by atoms with van der Waals surface area (Å²) < 4.78 is 54.0. The largest absolute Gasteiger partial charge is 0.431 e. The van der Waals surface area contributed by atoms with Crippen molar-refractivity contribution in [3.63, 3.8) is 0 Å². The van der Waals surface area contributed by atoms with E-state index >= 15 is 0 Å². The number of amides is 1. The third kappa shape index (κ3) is 4.24. The molecule has 0 N–H and O–H groups in total. The van der Waals surface area contributed by atoms with Crippen molar-refractivity contribution >= 4 is 17.5 Å². The molecule has 1 amide bonds. The lowest BCUT2D eigenvalue weighted by Gasteiger charge is -2.28. The van der Waals surface area contributed by atoms with Gasteiger partial charge < -0.3 is 18.7 Å². The molecule has 170 valence electrons. The number of halogens is 4. The standard InChI is InChI=1S/C21H20ClF3N4O3/c1-12-17(14-3-5-15(22)6-4-14)18(20(30)28-7-9-31-10-8-28)29(19(12)21(23,24)25)11-16-26-13(2)27-32-16/h3-6H,7-11H2,1-2H3. The minimum Gasteiger partial charge on any atom is -0.378 e. The van der Waals surface area contributed by atoms with E-state index in [0.29, 0.717) is 23.8 Å². The zero-order chi connectivity index (χ0) is 23.0. The Hall–Kier alpha value is -2.85. The van der Waals surface area contributed by atoms with Crippen LogP contribution in [0.3, 0.4) is 0 Å². The fourth-order valence-electron chi connectivity index (χ4n) is 3.92. The van der Waals surface area contributed by atoms with Crippen LogP contribution in [0.4, 0.5) is 13.2 Å². The van der Waals surface area contributed by atoms with Gasteiger partial charge in [0.1, 0.15) is 17.9 Å². The zero-order valence-electron chi connectivity index (χ0n) is 17.4. The highest BCUT2D eigenvalue weighted by atomic mass is 35.5. The van der Waals surface area contributed by atoms with E-state index in [1.807, 2.05) is 0 Å². The summed E-state index contributed by atoms with van der Waals surface area (Å²) in [6.45, 7) is 3.73. The van der Waals surface area contributed by atoms with Crippen molar-refractivity contribution in [3.05, 3.63) is 58.0 Å². The lowest BCUT2D eigenvalue weighted by molar-refractivity contribution is -0.143. The van der Waals surface area contributed by atoms with Crippen LogP contribution < -0.4 is 0 Å². The highest BCUT2D eigenvalue weighted by Gasteiger charge is 2.42. The highest BCUT2D eigenvalue weighted by molar-refractivity contribution is 6.30. The molecule has 0 bridgehead atoms. The Morgan fingerprint density at radius 3 is 2.38 bits per heavy atom. The van der Waals surface area contributed by atoms with Gasteiger partial charge in [0, 0.05) is 23.7 Å². The Balaban J connectivity index is 1.97. The summed E-state index contributed by atoms with van der Waals surface area (Å²) in [6.07, 6.45) is -4.72. The number of nitrogens with zero attached hydrogens (tertiary/aromatic N) is 4. The Morgan fingerprint density at radius 2 is 1.81 bits per heavy atom. The Morgan fingerprint density at radius 1 is 1.16 bits per heavy atom. The molecule has 3 heterocycles. The van der Waals surface area contributed by atoms with Gasteiger partial charge in [-0.25, -0.2) is 0 Å². The normalized spacial score (nSPS) is 14.8. The number of aromatic nitrogens is 3. The molecule has 11 heteroatoms. The molecule has 4 rings (SSSR count). The molecule has 0 spiro atoms. The van der Waals surface area contributed by atoms with E-state index in [-0.39, 0.29) is 41.6 Å². The molecule has 0 radical (unpaired) electrons. The highest BCUT2D eigenvalue weighted by Crippen LogP contribution is 2.42. The maximum Gasteiger partial charge on any atom is 0.431 e. The summed E-state index contributed by atoms with van der Waals surface area (Å²) >= 11 is 5.98. The van der Waals surface area contributed by atoms with Crippen LogP contribution in [0.15, 0.2) is 28.8 Å². The number of aryl methyl sites for hydroxylation is 1. The van der Waals surface area contributed by atoms with Crippen molar-refractivity contribution < 1.29 is 27.2 Å². The monoisotopic (exact) mass is 468 g/mol. The summed E-state index contributed by atoms with van der Waals surface area (Å²) in [5.74, 6) is -0.258. The average molecular weight is 469 g/mol. The molecule has 1 fully saturated rings. The number of hydrogen-bond donors (Lipinski definition) is 0. The molecule has 1 saturated heterocycles. The van der Waals surface area contributed by atoms with E-state index in [0.717, 1.165) is 4.57 Å². The first-order chi connectivity index (χ1) is 15.2. The quantitative estimate of drug-likeness (QED) is 0.569. The molecule has 1 aromatic carbocycles. The van der Waals surface area contributed by atoms with Crippen LogP contribution in [0.2, 0.25) is 5.02 Å². The Bertz CT molecular complexity index is 1130. The second-order valence-corrected chi connectivity index (χ2v) is 7.86. The number of morpholine rings is 1. The number of carbonyl (C=O) groups excluding carboxylic acids is 1. The van der Waals surface area contributed by atoms with Gasteiger partial charge in [0.25, 0.3) is 5.91 Å². The number of alkyl halides is 3. The van der Waals surface area contributed by atoms with Gasteiger partial charge in [0.15, 0.2) is 5.82 Å². The van der Waals surface area contributed by atoms with E-state index in [1.54, 1.807) is 31.2 Å². The van der Waals surface area contributed by atoms with Crippen molar-refractivity contribution in [2.24, 2.45) is 0 Å². The molecule has 0 atom stereocenters. The van der Waals surface area contributed by atoms with Gasteiger partial charge in [-0.3, -0.25) is 4.79 Å². The van der Waals surface area contributed by atoms with Gasteiger partial charge in [-0.1, -0.05) is 28.9 Å². The fraction of sp³-hybridized carbons (Fsp3) is 0.381. The van der Waals surface area contributed by atoms with E-state index < -0.39 is 24.3 Å². The molecular formula is C21H20ClF3N4O3. The Labute approximate surface area is 186 Å². The molecule has 0 aliphatic carbocycles. The van der Waals surface area contributed by atoms with E-state index in [4.69, 9.17) is 20.9 Å². The number of carbonyl (C=O) groups is 1. The first kappa shape index (κ1) is 22.3. The SMILES string of the molecule is Cc1noc(Cn2c(C(=O)N3CCOCC3)c(-c3ccc(Cl)cc3)c(C)c2C(F)(F)F)n1. The van der Waals surface area contributed by atoms with Crippen molar-refractivity contribution in [2.45, 2.75) is 26.6 Å². The first-order valence-electron chi connectivity index (χ1n) is 9.89. The second-order valence-electron chi connectivity index (χ2n) is 7.43. The predicted molar refractivity (Wildman–Crippen MR) is 109 cm³/mol. The third-order valence-corrected chi connectivity index (χ3v) is 5.52. The van der Waals surface area contributed by atoms with Crippen molar-refractivity contribution in [2.75, 3.05) is 26.3 Å². The molecular weight excluding hydrogens is 449 g/mol. The average Bonchev–Trinajstić information content (AvgIpc) is 3.29.